The number of aliphatic carboxylic acids is 1. The largest absolute Gasteiger partial charge is 0.480 e. The fourth-order valence-electron chi connectivity index (χ4n) is 1.49. The molecule has 0 saturated heterocycles. The zero-order chi connectivity index (χ0) is 15.6. The highest BCUT2D eigenvalue weighted by atomic mass is 127. The second kappa shape index (κ2) is 7.94. The number of nitrogens with two attached hydrogens (primary N) is 1. The molecule has 20 heavy (non-hydrogen) atoms. The first-order chi connectivity index (χ1) is 9.22. The fraction of sp³-hybridized carbons (Fsp3) is 0.273. The molecule has 0 bridgehead atoms. The summed E-state index contributed by atoms with van der Waals surface area (Å²) in [6, 6.07) is 0. The number of carbonyl (C=O) groups is 2. The zero-order valence-corrected chi connectivity index (χ0v) is 18.8. The average molecular weight is 726 g/mol. The van der Waals surface area contributed by atoms with E-state index in [1.807, 2.05) is 22.6 Å². The van der Waals surface area contributed by atoms with Crippen LogP contribution in [-0.4, -0.2) is 35.0 Å². The molecule has 5 nitrogen and oxygen atoms in total. The van der Waals surface area contributed by atoms with Crippen molar-refractivity contribution in [3.63, 3.8) is 0 Å². The summed E-state index contributed by atoms with van der Waals surface area (Å²) in [6.07, 6.45) is 0. The Bertz CT molecular complexity index is 548. The summed E-state index contributed by atoms with van der Waals surface area (Å²) < 4.78 is 3.30. The Morgan fingerprint density at radius 1 is 1.10 bits per heavy atom. The third-order valence-electron chi connectivity index (χ3n) is 2.51. The smallest absolute Gasteiger partial charge is 0.323 e. The van der Waals surface area contributed by atoms with Crippen LogP contribution in [0.3, 0.4) is 0 Å². The average Bonchev–Trinajstić information content (AvgIpc) is 2.40. The molecule has 0 saturated carbocycles. The molecule has 1 aromatic rings. The number of carbonyl (C=O) groups excluding carboxylic acids is 1. The number of halogens is 4. The molecule has 9 heteroatoms. The molecule has 0 radical (unpaired) electrons. The quantitative estimate of drug-likeness (QED) is 0.216. The number of carboxylic acids is 1. The molecule has 0 heterocycles. The number of anilines is 1. The zero-order valence-electron chi connectivity index (χ0n) is 10.2. The van der Waals surface area contributed by atoms with Gasteiger partial charge in [-0.25, -0.2) is 0 Å². The van der Waals surface area contributed by atoms with Gasteiger partial charge in [0.2, 0.25) is 0 Å². The Kier molecular flexibility index (Phi) is 7.51. The normalized spacial score (nSPS) is 10.4. The van der Waals surface area contributed by atoms with Gasteiger partial charge in [0.25, 0.3) is 5.91 Å². The van der Waals surface area contributed by atoms with Gasteiger partial charge >= 0.3 is 5.97 Å². The maximum atomic E-state index is 12.6. The molecule has 0 aliphatic rings. The summed E-state index contributed by atoms with van der Waals surface area (Å²) in [6.45, 7) is 1.77. The fourth-order valence-corrected chi connectivity index (χ4v) is 5.68. The van der Waals surface area contributed by atoms with E-state index in [0.29, 0.717) is 21.4 Å². The van der Waals surface area contributed by atoms with Crippen molar-refractivity contribution in [2.24, 2.45) is 0 Å². The highest BCUT2D eigenvalue weighted by Crippen LogP contribution is 2.35. The number of amides is 1. The lowest BCUT2D eigenvalue weighted by Gasteiger charge is -2.21. The molecule has 0 aliphatic carbocycles. The van der Waals surface area contributed by atoms with E-state index in [1.165, 1.54) is 4.90 Å². The first kappa shape index (κ1) is 18.9. The highest BCUT2D eigenvalue weighted by molar-refractivity contribution is 14.1. The van der Waals surface area contributed by atoms with E-state index in [1.54, 1.807) is 6.92 Å². The number of nitrogens with zero attached hydrogens (tertiary/aromatic N) is 1. The number of likely N-dealkylation sites (N-methyl/N-ethyl adjacent to an activating group) is 1. The molecular formula is C11H10I4N2O3. The van der Waals surface area contributed by atoms with E-state index >= 15 is 0 Å². The minimum Gasteiger partial charge on any atom is -0.480 e. The van der Waals surface area contributed by atoms with E-state index in [0.717, 1.165) is 10.7 Å². The van der Waals surface area contributed by atoms with E-state index in [-0.39, 0.29) is 12.5 Å². The molecule has 3 N–H and O–H groups in total. The van der Waals surface area contributed by atoms with Crippen LogP contribution in [0, 0.1) is 14.3 Å². The number of benzene rings is 1. The topological polar surface area (TPSA) is 83.6 Å². The molecule has 1 aromatic carbocycles. The summed E-state index contributed by atoms with van der Waals surface area (Å²) in [5.74, 6) is -1.33. The van der Waals surface area contributed by atoms with Gasteiger partial charge in [0, 0.05) is 13.7 Å². The van der Waals surface area contributed by atoms with Crippen molar-refractivity contribution >= 4 is 108 Å². The van der Waals surface area contributed by atoms with Crippen LogP contribution >= 0.6 is 90.4 Å². The number of nitrogen functional groups attached to an aromatic ring is 1. The molecule has 110 valence electrons. The van der Waals surface area contributed by atoms with Crippen molar-refractivity contribution in [3.8, 4) is 0 Å². The number of rotatable bonds is 4. The molecule has 0 aromatic heterocycles. The first-order valence-electron chi connectivity index (χ1n) is 5.34. The minimum atomic E-state index is -1.03. The number of hydrogen-bond donors (Lipinski definition) is 2. The monoisotopic (exact) mass is 726 g/mol. The lowest BCUT2D eigenvalue weighted by atomic mass is 10.1. The van der Waals surface area contributed by atoms with Crippen LogP contribution in [0.15, 0.2) is 0 Å². The van der Waals surface area contributed by atoms with Gasteiger partial charge in [0.05, 0.1) is 18.4 Å². The molecule has 1 amide bonds. The van der Waals surface area contributed by atoms with E-state index in [9.17, 15) is 9.59 Å². The number of carboxylic acid groups (broad SMARTS) is 1. The van der Waals surface area contributed by atoms with Gasteiger partial charge in [-0.15, -0.1) is 0 Å². The van der Waals surface area contributed by atoms with Gasteiger partial charge < -0.3 is 15.7 Å². The Labute approximate surface area is 171 Å². The van der Waals surface area contributed by atoms with Crippen LogP contribution in [0.2, 0.25) is 0 Å². The van der Waals surface area contributed by atoms with E-state index in [2.05, 4.69) is 67.8 Å². The second-order valence-corrected chi connectivity index (χ2v) is 8.07. The predicted octanol–water partition coefficient (Wildman–Crippen LogP) is 3.23. The van der Waals surface area contributed by atoms with Gasteiger partial charge in [-0.2, -0.15) is 0 Å². The Hall–Kier alpha value is 0.880. The van der Waals surface area contributed by atoms with Crippen LogP contribution in [0.1, 0.15) is 17.3 Å². The summed E-state index contributed by atoms with van der Waals surface area (Å²) in [5.41, 5.74) is 7.07. The van der Waals surface area contributed by atoms with Crippen molar-refractivity contribution in [2.75, 3.05) is 18.8 Å². The third-order valence-corrected chi connectivity index (χ3v) is 8.97. The van der Waals surface area contributed by atoms with Crippen molar-refractivity contribution in [1.29, 1.82) is 0 Å². The standard InChI is InChI=1S/C11H10I4N2O3/c1-2-17(3-4(18)19)11(20)5-6(12)8(14)9(15)10(16)7(5)13/h2-3,16H2,1H3,(H,18,19). The van der Waals surface area contributed by atoms with Crippen LogP contribution in [0.25, 0.3) is 0 Å². The lowest BCUT2D eigenvalue weighted by molar-refractivity contribution is -0.137. The van der Waals surface area contributed by atoms with Gasteiger partial charge in [-0.1, -0.05) is 0 Å². The molecule has 0 aliphatic heterocycles. The van der Waals surface area contributed by atoms with E-state index < -0.39 is 5.97 Å². The summed E-state index contributed by atoms with van der Waals surface area (Å²) in [5, 5.41) is 8.88. The Morgan fingerprint density at radius 2 is 1.65 bits per heavy atom. The van der Waals surface area contributed by atoms with Crippen LogP contribution in [-0.2, 0) is 4.79 Å². The van der Waals surface area contributed by atoms with Gasteiger partial charge in [0.1, 0.15) is 6.54 Å². The molecule has 1 rings (SSSR count). The maximum Gasteiger partial charge on any atom is 0.323 e. The van der Waals surface area contributed by atoms with Gasteiger partial charge in [0.15, 0.2) is 0 Å². The highest BCUT2D eigenvalue weighted by Gasteiger charge is 2.26. The van der Waals surface area contributed by atoms with Gasteiger partial charge in [-0.05, 0) is 97.3 Å². The summed E-state index contributed by atoms with van der Waals surface area (Å²) >= 11 is 8.43. The Morgan fingerprint density at radius 3 is 2.10 bits per heavy atom. The lowest BCUT2D eigenvalue weighted by Crippen LogP contribution is -2.36. The van der Waals surface area contributed by atoms with Gasteiger partial charge in [-0.3, -0.25) is 9.59 Å². The van der Waals surface area contributed by atoms with Crippen molar-refractivity contribution in [3.05, 3.63) is 19.8 Å². The van der Waals surface area contributed by atoms with Crippen molar-refractivity contribution in [1.82, 2.24) is 4.90 Å². The predicted molar refractivity (Wildman–Crippen MR) is 111 cm³/mol. The van der Waals surface area contributed by atoms with Crippen LogP contribution in [0.5, 0.6) is 0 Å². The summed E-state index contributed by atoms with van der Waals surface area (Å²) in [7, 11) is 0. The number of hydrogen-bond acceptors (Lipinski definition) is 3. The minimum absolute atomic E-state index is 0.301. The van der Waals surface area contributed by atoms with Crippen molar-refractivity contribution < 1.29 is 14.7 Å². The van der Waals surface area contributed by atoms with E-state index in [4.69, 9.17) is 10.8 Å². The Balaban J connectivity index is 3.39. The molecule has 0 spiro atoms. The third kappa shape index (κ3) is 3.99. The van der Waals surface area contributed by atoms with Crippen molar-refractivity contribution in [2.45, 2.75) is 6.92 Å². The first-order valence-corrected chi connectivity index (χ1v) is 9.66. The molecular weight excluding hydrogens is 716 g/mol. The summed E-state index contributed by atoms with van der Waals surface area (Å²) in [4.78, 5) is 24.7. The van der Waals surface area contributed by atoms with Crippen LogP contribution < -0.4 is 5.73 Å². The molecule has 0 atom stereocenters. The molecule has 0 fully saturated rings. The van der Waals surface area contributed by atoms with Crippen LogP contribution in [0.4, 0.5) is 5.69 Å². The maximum absolute atomic E-state index is 12.6. The SMILES string of the molecule is CCN(CC(=O)O)C(=O)c1c(I)c(N)c(I)c(I)c1I. The second-order valence-electron chi connectivity index (χ2n) is 3.76. The molecule has 0 unspecified atom stereocenters.